The molecular weight excluding hydrogens is 368 g/mol. The van der Waals surface area contributed by atoms with Gasteiger partial charge in [0.2, 0.25) is 0 Å². The van der Waals surface area contributed by atoms with Crippen molar-refractivity contribution in [3.05, 3.63) is 47.3 Å². The van der Waals surface area contributed by atoms with Crippen LogP contribution in [0.4, 0.5) is 0 Å². The minimum Gasteiger partial charge on any atom is -0.376 e. The van der Waals surface area contributed by atoms with Crippen LogP contribution in [0, 0.1) is 6.92 Å². The lowest BCUT2D eigenvalue weighted by Crippen LogP contribution is -2.32. The third-order valence-corrected chi connectivity index (χ3v) is 5.51. The summed E-state index contributed by atoms with van der Waals surface area (Å²) in [5.41, 5.74) is 3.85. The minimum atomic E-state index is -1.38. The van der Waals surface area contributed by atoms with E-state index >= 15 is 0 Å². The van der Waals surface area contributed by atoms with E-state index in [4.69, 9.17) is 9.57 Å². The summed E-state index contributed by atoms with van der Waals surface area (Å²) in [5.74, 6) is 0.528. The quantitative estimate of drug-likeness (QED) is 0.719. The number of carbonyl (C=O) groups is 1. The number of aromatic amines is 1. The first kappa shape index (κ1) is 17.6. The SMILES string of the molecule is COCC(=O)N1Cc2cnc(CS(=O)c3nc4ccccc4[nH]3)c(C)c2O1. The molecule has 8 nitrogen and oxygen atoms in total. The molecule has 1 aromatic carbocycles. The summed E-state index contributed by atoms with van der Waals surface area (Å²) in [5, 5.41) is 1.67. The van der Waals surface area contributed by atoms with Crippen LogP contribution in [0.3, 0.4) is 0 Å². The largest absolute Gasteiger partial charge is 0.376 e. The van der Waals surface area contributed by atoms with E-state index in [0.717, 1.165) is 22.2 Å². The zero-order valence-electron chi connectivity index (χ0n) is 14.9. The van der Waals surface area contributed by atoms with Crippen LogP contribution in [-0.2, 0) is 32.6 Å². The van der Waals surface area contributed by atoms with Crippen LogP contribution in [0.1, 0.15) is 16.8 Å². The molecule has 0 aliphatic carbocycles. The van der Waals surface area contributed by atoms with Crippen molar-refractivity contribution >= 4 is 27.7 Å². The van der Waals surface area contributed by atoms with E-state index in [1.54, 1.807) is 6.20 Å². The van der Waals surface area contributed by atoms with Gasteiger partial charge in [-0.1, -0.05) is 12.1 Å². The second-order valence-corrected chi connectivity index (χ2v) is 7.55. The number of nitrogens with one attached hydrogen (secondary N) is 1. The van der Waals surface area contributed by atoms with Crippen molar-refractivity contribution < 1.29 is 18.6 Å². The van der Waals surface area contributed by atoms with Gasteiger partial charge in [-0.15, -0.1) is 0 Å². The van der Waals surface area contributed by atoms with Gasteiger partial charge < -0.3 is 14.6 Å². The van der Waals surface area contributed by atoms with Crippen LogP contribution < -0.4 is 4.84 Å². The highest BCUT2D eigenvalue weighted by Crippen LogP contribution is 2.33. The Hall–Kier alpha value is -2.78. The zero-order valence-corrected chi connectivity index (χ0v) is 15.7. The van der Waals surface area contributed by atoms with E-state index in [9.17, 15) is 9.00 Å². The number of nitrogens with zero attached hydrogens (tertiary/aromatic N) is 3. The van der Waals surface area contributed by atoms with Crippen molar-refractivity contribution in [3.8, 4) is 5.75 Å². The summed E-state index contributed by atoms with van der Waals surface area (Å²) in [6, 6.07) is 7.54. The molecule has 0 radical (unpaired) electrons. The zero-order chi connectivity index (χ0) is 19.0. The maximum Gasteiger partial charge on any atom is 0.281 e. The topological polar surface area (TPSA) is 97.4 Å². The number of benzene rings is 1. The first-order valence-electron chi connectivity index (χ1n) is 8.34. The molecule has 0 spiro atoms. The molecule has 0 bridgehead atoms. The average Bonchev–Trinajstić information content (AvgIpc) is 3.28. The highest BCUT2D eigenvalue weighted by Gasteiger charge is 2.29. The summed E-state index contributed by atoms with van der Waals surface area (Å²) in [6.45, 7) is 2.11. The lowest BCUT2D eigenvalue weighted by molar-refractivity contribution is -0.159. The predicted molar refractivity (Wildman–Crippen MR) is 98.2 cm³/mol. The number of ether oxygens (including phenoxy) is 1. The number of aromatic nitrogens is 3. The van der Waals surface area contributed by atoms with Crippen molar-refractivity contribution in [2.24, 2.45) is 0 Å². The van der Waals surface area contributed by atoms with E-state index in [0.29, 0.717) is 23.1 Å². The fourth-order valence-electron chi connectivity index (χ4n) is 2.93. The number of rotatable bonds is 5. The number of hydrogen-bond acceptors (Lipinski definition) is 6. The molecule has 3 heterocycles. The molecule has 1 aliphatic rings. The number of para-hydroxylation sites is 2. The smallest absolute Gasteiger partial charge is 0.281 e. The Labute approximate surface area is 157 Å². The Morgan fingerprint density at radius 1 is 1.41 bits per heavy atom. The van der Waals surface area contributed by atoms with Gasteiger partial charge in [-0.3, -0.25) is 14.0 Å². The summed E-state index contributed by atoms with van der Waals surface area (Å²) in [7, 11) is 0.0781. The molecule has 1 aliphatic heterocycles. The molecular formula is C18H18N4O4S. The number of carbonyl (C=O) groups excluding carboxylic acids is 1. The van der Waals surface area contributed by atoms with Gasteiger partial charge in [0.25, 0.3) is 5.91 Å². The van der Waals surface area contributed by atoms with E-state index in [1.807, 2.05) is 31.2 Å². The maximum atomic E-state index is 12.7. The van der Waals surface area contributed by atoms with Crippen molar-refractivity contribution in [1.29, 1.82) is 0 Å². The van der Waals surface area contributed by atoms with Gasteiger partial charge in [0.05, 0.1) is 39.8 Å². The summed E-state index contributed by atoms with van der Waals surface area (Å²) in [6.07, 6.45) is 1.66. The number of H-pyrrole nitrogens is 1. The van der Waals surface area contributed by atoms with Gasteiger partial charge in [-0.2, -0.15) is 5.06 Å². The number of hydroxylamine groups is 2. The second-order valence-electron chi connectivity index (χ2n) is 6.19. The Morgan fingerprint density at radius 2 is 2.22 bits per heavy atom. The first-order valence-corrected chi connectivity index (χ1v) is 9.66. The number of pyridine rings is 1. The van der Waals surface area contributed by atoms with Crippen LogP contribution in [-0.4, -0.2) is 43.8 Å². The number of amides is 1. The third kappa shape index (κ3) is 3.31. The Balaban J connectivity index is 1.55. The monoisotopic (exact) mass is 386 g/mol. The van der Waals surface area contributed by atoms with Gasteiger partial charge in [0, 0.05) is 24.4 Å². The molecule has 4 rings (SSSR count). The Morgan fingerprint density at radius 3 is 3.00 bits per heavy atom. The summed E-state index contributed by atoms with van der Waals surface area (Å²) < 4.78 is 17.6. The van der Waals surface area contributed by atoms with Gasteiger partial charge >= 0.3 is 0 Å². The molecule has 140 valence electrons. The lowest BCUT2D eigenvalue weighted by Gasteiger charge is -2.14. The van der Waals surface area contributed by atoms with Crippen LogP contribution in [0.25, 0.3) is 11.0 Å². The molecule has 0 saturated heterocycles. The van der Waals surface area contributed by atoms with Gasteiger partial charge in [-0.05, 0) is 19.1 Å². The third-order valence-electron chi connectivity index (χ3n) is 4.35. The van der Waals surface area contributed by atoms with Crippen LogP contribution in [0.5, 0.6) is 5.75 Å². The summed E-state index contributed by atoms with van der Waals surface area (Å²) >= 11 is 0. The van der Waals surface area contributed by atoms with Gasteiger partial charge in [0.1, 0.15) is 6.61 Å². The van der Waals surface area contributed by atoms with Crippen LogP contribution in [0.15, 0.2) is 35.6 Å². The van der Waals surface area contributed by atoms with E-state index in [2.05, 4.69) is 15.0 Å². The van der Waals surface area contributed by atoms with Crippen LogP contribution >= 0.6 is 0 Å². The first-order chi connectivity index (χ1) is 13.1. The lowest BCUT2D eigenvalue weighted by atomic mass is 10.1. The van der Waals surface area contributed by atoms with E-state index in [-0.39, 0.29) is 18.3 Å². The molecule has 27 heavy (non-hydrogen) atoms. The van der Waals surface area contributed by atoms with E-state index < -0.39 is 10.8 Å². The fourth-order valence-corrected chi connectivity index (χ4v) is 4.03. The summed E-state index contributed by atoms with van der Waals surface area (Å²) in [4.78, 5) is 29.5. The molecule has 3 aromatic rings. The standard InChI is InChI=1S/C18H18N4O4S/c1-11-15(10-27(24)18-20-13-5-3-4-6-14(13)21-18)19-7-12-8-22(26-17(11)12)16(23)9-25-2/h3-7H,8-10H2,1-2H3,(H,20,21). The van der Waals surface area contributed by atoms with Gasteiger partial charge in [-0.25, -0.2) is 4.98 Å². The molecule has 1 N–H and O–H groups in total. The van der Waals surface area contributed by atoms with Crippen molar-refractivity contribution in [3.63, 3.8) is 0 Å². The molecule has 9 heteroatoms. The van der Waals surface area contributed by atoms with Crippen molar-refractivity contribution in [2.75, 3.05) is 13.7 Å². The molecule has 1 atom stereocenters. The van der Waals surface area contributed by atoms with Crippen molar-refractivity contribution in [1.82, 2.24) is 20.0 Å². The molecule has 0 saturated carbocycles. The van der Waals surface area contributed by atoms with E-state index in [1.165, 1.54) is 12.2 Å². The highest BCUT2D eigenvalue weighted by molar-refractivity contribution is 7.84. The Bertz CT molecular complexity index is 1020. The van der Waals surface area contributed by atoms with Crippen molar-refractivity contribution in [2.45, 2.75) is 24.4 Å². The minimum absolute atomic E-state index is 0.0522. The number of hydrogen-bond donors (Lipinski definition) is 1. The molecule has 1 amide bonds. The maximum absolute atomic E-state index is 12.7. The fraction of sp³-hybridized carbons (Fsp3) is 0.278. The second kappa shape index (κ2) is 7.09. The highest BCUT2D eigenvalue weighted by atomic mass is 32.2. The Kier molecular flexibility index (Phi) is 4.63. The predicted octanol–water partition coefficient (Wildman–Crippen LogP) is 1.86. The van der Waals surface area contributed by atoms with Crippen LogP contribution in [0.2, 0.25) is 0 Å². The molecule has 0 fully saturated rings. The molecule has 2 aromatic heterocycles. The number of imidazole rings is 1. The van der Waals surface area contributed by atoms with Gasteiger partial charge in [0.15, 0.2) is 10.9 Å². The average molecular weight is 386 g/mol. The number of methoxy groups -OCH3 is 1. The number of fused-ring (bicyclic) bond motifs is 2. The normalized spacial score (nSPS) is 14.2. The molecule has 1 unspecified atom stereocenters.